The second-order valence-corrected chi connectivity index (χ2v) is 11.3. The lowest BCUT2D eigenvalue weighted by molar-refractivity contribution is -0.113. The van der Waals surface area contributed by atoms with Crippen molar-refractivity contribution >= 4 is 61.4 Å². The molecule has 0 atom stereocenters. The molecule has 1 aliphatic carbocycles. The number of amides is 1. The van der Waals surface area contributed by atoms with Gasteiger partial charge in [0.15, 0.2) is 4.34 Å². The summed E-state index contributed by atoms with van der Waals surface area (Å²) in [6.07, 6.45) is 2.30. The van der Waals surface area contributed by atoms with Gasteiger partial charge in [-0.05, 0) is 31.0 Å². The summed E-state index contributed by atoms with van der Waals surface area (Å²) in [5, 5.41) is 15.0. The Morgan fingerprint density at radius 1 is 1.30 bits per heavy atom. The molecule has 1 aliphatic heterocycles. The lowest BCUT2D eigenvalue weighted by Crippen LogP contribution is -2.40. The molecule has 0 unspecified atom stereocenters. The highest BCUT2D eigenvalue weighted by molar-refractivity contribution is 8.01. The maximum Gasteiger partial charge on any atom is 0.244 e. The third-order valence-electron chi connectivity index (χ3n) is 4.44. The van der Waals surface area contributed by atoms with Crippen LogP contribution in [-0.2, 0) is 19.6 Å². The third kappa shape index (κ3) is 5.42. The highest BCUT2D eigenvalue weighted by atomic mass is 35.5. The van der Waals surface area contributed by atoms with Crippen LogP contribution in [0.2, 0.25) is 5.02 Å². The van der Waals surface area contributed by atoms with Gasteiger partial charge in [-0.1, -0.05) is 34.7 Å². The number of aromatic nitrogens is 2. The van der Waals surface area contributed by atoms with E-state index in [-0.39, 0.29) is 34.7 Å². The van der Waals surface area contributed by atoms with E-state index in [2.05, 4.69) is 20.8 Å². The smallest absolute Gasteiger partial charge is 0.244 e. The first-order chi connectivity index (χ1) is 14.4. The monoisotopic (exact) mass is 489 g/mol. The zero-order valence-corrected chi connectivity index (χ0v) is 19.0. The Morgan fingerprint density at radius 3 is 2.80 bits per heavy atom. The minimum Gasteiger partial charge on any atom is -0.379 e. The first kappa shape index (κ1) is 21.8. The summed E-state index contributed by atoms with van der Waals surface area (Å²) in [4.78, 5) is 12.3. The van der Waals surface area contributed by atoms with Crippen molar-refractivity contribution in [2.75, 3.05) is 42.7 Å². The van der Waals surface area contributed by atoms with Crippen molar-refractivity contribution in [3.8, 4) is 0 Å². The van der Waals surface area contributed by atoms with Crippen molar-refractivity contribution in [2.24, 2.45) is 0 Å². The molecule has 0 bridgehead atoms. The molecule has 13 heteroatoms. The van der Waals surface area contributed by atoms with Crippen LogP contribution in [-0.4, -0.2) is 66.9 Å². The number of carbonyl (C=O) groups is 1. The number of morpholine rings is 1. The lowest BCUT2D eigenvalue weighted by Gasteiger charge is -2.26. The number of halogens is 1. The summed E-state index contributed by atoms with van der Waals surface area (Å²) in [5.74, 6) is -0.143. The Hall–Kier alpha value is -1.44. The van der Waals surface area contributed by atoms with Crippen molar-refractivity contribution in [3.63, 3.8) is 0 Å². The zero-order chi connectivity index (χ0) is 21.1. The maximum absolute atomic E-state index is 12.9. The standard InChI is InChI=1S/C17H20ClN5O4S3/c18-13-4-3-12(9-14(13)30(25,26)23-5-7-27-8-6-23)19-15(24)10-28-17-22-21-16(29-17)20-11-1-2-11/h3-4,9,11H,1-2,5-8,10H2,(H,19,24)(H,20,21). The molecule has 162 valence electrons. The molecule has 0 radical (unpaired) electrons. The largest absolute Gasteiger partial charge is 0.379 e. The van der Waals surface area contributed by atoms with E-state index in [4.69, 9.17) is 16.3 Å². The predicted molar refractivity (Wildman–Crippen MR) is 117 cm³/mol. The minimum atomic E-state index is -3.77. The third-order valence-corrected chi connectivity index (χ3v) is 8.81. The van der Waals surface area contributed by atoms with E-state index in [0.717, 1.165) is 18.0 Å². The van der Waals surface area contributed by atoms with Crippen LogP contribution < -0.4 is 10.6 Å². The number of nitrogens with one attached hydrogen (secondary N) is 2. The number of ether oxygens (including phenoxy) is 1. The molecule has 1 amide bonds. The fraction of sp³-hybridized carbons (Fsp3) is 0.471. The van der Waals surface area contributed by atoms with Gasteiger partial charge in [0.1, 0.15) is 4.90 Å². The van der Waals surface area contributed by atoms with E-state index in [1.807, 2.05) is 0 Å². The van der Waals surface area contributed by atoms with E-state index >= 15 is 0 Å². The van der Waals surface area contributed by atoms with Gasteiger partial charge in [0.25, 0.3) is 0 Å². The Bertz CT molecular complexity index is 1020. The number of nitrogens with zero attached hydrogens (tertiary/aromatic N) is 3. The molecule has 0 spiro atoms. The van der Waals surface area contributed by atoms with E-state index in [1.165, 1.54) is 39.5 Å². The van der Waals surface area contributed by atoms with Crippen molar-refractivity contribution in [1.82, 2.24) is 14.5 Å². The predicted octanol–water partition coefficient (Wildman–Crippen LogP) is 2.52. The molecule has 2 fully saturated rings. The van der Waals surface area contributed by atoms with E-state index in [0.29, 0.717) is 29.3 Å². The summed E-state index contributed by atoms with van der Waals surface area (Å²) in [7, 11) is -3.77. The van der Waals surface area contributed by atoms with Crippen molar-refractivity contribution in [1.29, 1.82) is 0 Å². The molecule has 2 aliphatic rings. The molecule has 2 aromatic rings. The van der Waals surface area contributed by atoms with Gasteiger partial charge in [0.2, 0.25) is 21.1 Å². The van der Waals surface area contributed by atoms with Gasteiger partial charge < -0.3 is 15.4 Å². The fourth-order valence-corrected chi connectivity index (χ4v) is 6.30. The van der Waals surface area contributed by atoms with Gasteiger partial charge in [-0.15, -0.1) is 10.2 Å². The Kier molecular flexibility index (Phi) is 6.80. The van der Waals surface area contributed by atoms with Crippen LogP contribution in [0, 0.1) is 0 Å². The van der Waals surface area contributed by atoms with Crippen molar-refractivity contribution in [3.05, 3.63) is 23.2 Å². The molecule has 9 nitrogen and oxygen atoms in total. The Labute approximate surface area is 187 Å². The van der Waals surface area contributed by atoms with Crippen molar-refractivity contribution < 1.29 is 17.9 Å². The Morgan fingerprint density at radius 2 is 2.07 bits per heavy atom. The van der Waals surface area contributed by atoms with Crippen LogP contribution in [0.15, 0.2) is 27.4 Å². The van der Waals surface area contributed by atoms with Gasteiger partial charge in [0, 0.05) is 24.8 Å². The summed E-state index contributed by atoms with van der Waals surface area (Å²) < 4.78 is 33.0. The molecule has 4 rings (SSSR count). The lowest BCUT2D eigenvalue weighted by atomic mass is 10.3. The summed E-state index contributed by atoms with van der Waals surface area (Å²) >= 11 is 8.84. The average Bonchev–Trinajstić information content (AvgIpc) is 3.44. The fourth-order valence-electron chi connectivity index (χ4n) is 2.76. The minimum absolute atomic E-state index is 0.0311. The van der Waals surface area contributed by atoms with Gasteiger partial charge in [0.05, 0.1) is 24.0 Å². The van der Waals surface area contributed by atoms with E-state index in [1.54, 1.807) is 6.07 Å². The number of hydrogen-bond acceptors (Lipinski definition) is 9. The molecule has 1 aromatic carbocycles. The van der Waals surface area contributed by atoms with Crippen LogP contribution in [0.25, 0.3) is 0 Å². The zero-order valence-electron chi connectivity index (χ0n) is 15.8. The highest BCUT2D eigenvalue weighted by Gasteiger charge is 2.28. The van der Waals surface area contributed by atoms with Crippen LogP contribution in [0.1, 0.15) is 12.8 Å². The number of sulfonamides is 1. The maximum atomic E-state index is 12.9. The molecule has 2 N–H and O–H groups in total. The average molecular weight is 490 g/mol. The van der Waals surface area contributed by atoms with E-state index < -0.39 is 10.0 Å². The van der Waals surface area contributed by atoms with Crippen LogP contribution in [0.3, 0.4) is 0 Å². The molecule has 1 aromatic heterocycles. The molecular formula is C17H20ClN5O4S3. The van der Waals surface area contributed by atoms with Gasteiger partial charge in [-0.3, -0.25) is 4.79 Å². The first-order valence-electron chi connectivity index (χ1n) is 9.32. The number of rotatable bonds is 8. The van der Waals surface area contributed by atoms with Gasteiger partial charge >= 0.3 is 0 Å². The van der Waals surface area contributed by atoms with Crippen LogP contribution in [0.4, 0.5) is 10.8 Å². The normalized spacial score (nSPS) is 17.6. The van der Waals surface area contributed by atoms with Gasteiger partial charge in [-0.2, -0.15) is 4.31 Å². The highest BCUT2D eigenvalue weighted by Crippen LogP contribution is 2.31. The second kappa shape index (κ2) is 9.37. The van der Waals surface area contributed by atoms with Gasteiger partial charge in [-0.25, -0.2) is 8.42 Å². The number of thioether (sulfide) groups is 1. The number of hydrogen-bond donors (Lipinski definition) is 2. The number of benzene rings is 1. The first-order valence-corrected chi connectivity index (χ1v) is 12.9. The summed E-state index contributed by atoms with van der Waals surface area (Å²) in [6, 6.07) is 4.93. The molecule has 2 heterocycles. The molecule has 1 saturated carbocycles. The SMILES string of the molecule is O=C(CSc1nnc(NC2CC2)s1)Nc1ccc(Cl)c(S(=O)(=O)N2CCOCC2)c1. The van der Waals surface area contributed by atoms with Crippen molar-refractivity contribution in [2.45, 2.75) is 28.1 Å². The second-order valence-electron chi connectivity index (χ2n) is 6.79. The van der Waals surface area contributed by atoms with E-state index in [9.17, 15) is 13.2 Å². The summed E-state index contributed by atoms with van der Waals surface area (Å²) in [5.41, 5.74) is 0.366. The van der Waals surface area contributed by atoms with Crippen LogP contribution >= 0.6 is 34.7 Å². The van der Waals surface area contributed by atoms with Crippen LogP contribution in [0.5, 0.6) is 0 Å². The number of anilines is 2. The Balaban J connectivity index is 1.37. The quantitative estimate of drug-likeness (QED) is 0.544. The summed E-state index contributed by atoms with van der Waals surface area (Å²) in [6.45, 7) is 1.22. The molecule has 30 heavy (non-hydrogen) atoms. The molecule has 1 saturated heterocycles. The topological polar surface area (TPSA) is 114 Å². The number of carbonyl (C=O) groups excluding carboxylic acids is 1. The molecular weight excluding hydrogens is 470 g/mol.